The molecule has 0 aliphatic rings. The molecule has 35 heavy (non-hydrogen) atoms. The molecule has 5 aromatic rings. The maximum absolute atomic E-state index is 14.9. The highest BCUT2D eigenvalue weighted by Gasteiger charge is 2.34. The lowest BCUT2D eigenvalue weighted by molar-refractivity contribution is 0.489. The Balaban J connectivity index is 1.63. The molecule has 0 bridgehead atoms. The Labute approximate surface area is 206 Å². The predicted octanol–water partition coefficient (Wildman–Crippen LogP) is 5.90. The average Bonchev–Trinajstić information content (AvgIpc) is 2.94. The normalized spacial score (nSPS) is 11.6. The highest BCUT2D eigenvalue weighted by molar-refractivity contribution is 7.85. The molecule has 0 saturated heterocycles. The van der Waals surface area contributed by atoms with Gasteiger partial charge >= 0.3 is 7.80 Å². The standard InChI is InChI=1S/C30H23O3P2/c31-34(24-14-4-1-5-15-24)29-22-12-10-20-27(29)33-28-21-11-13-23-30(28)35(32,25-16-6-2-7-17-25)26-18-8-3-9-19-26/h1-23H/q+1. The Kier molecular flexibility index (Phi) is 6.73. The summed E-state index contributed by atoms with van der Waals surface area (Å²) in [4.78, 5) is 0. The molecule has 0 saturated carbocycles. The van der Waals surface area contributed by atoms with Gasteiger partial charge in [-0.3, -0.25) is 0 Å². The second kappa shape index (κ2) is 10.2. The number of para-hydroxylation sites is 2. The van der Waals surface area contributed by atoms with Gasteiger partial charge in [0.15, 0.2) is 18.2 Å². The zero-order chi connectivity index (χ0) is 24.1. The molecule has 0 heterocycles. The van der Waals surface area contributed by atoms with Crippen LogP contribution in [0, 0.1) is 0 Å². The summed E-state index contributed by atoms with van der Waals surface area (Å²) in [5, 5.41) is 3.38. The third-order valence-corrected chi connectivity index (χ3v) is 10.4. The van der Waals surface area contributed by atoms with Crippen LogP contribution in [0.25, 0.3) is 0 Å². The summed E-state index contributed by atoms with van der Waals surface area (Å²) in [7, 11) is -5.10. The molecule has 0 N–H and O–H groups in total. The lowest BCUT2D eigenvalue weighted by Gasteiger charge is -2.22. The molecule has 0 fully saturated rings. The fraction of sp³-hybridized carbons (Fsp3) is 0. The minimum atomic E-state index is -3.25. The molecule has 3 nitrogen and oxygen atoms in total. The highest BCUT2D eigenvalue weighted by atomic mass is 31.2. The molecule has 5 aromatic carbocycles. The Morgan fingerprint density at radius 2 is 0.971 bits per heavy atom. The first-order valence-corrected chi connectivity index (χ1v) is 14.2. The smallest absolute Gasteiger partial charge is 0.419 e. The van der Waals surface area contributed by atoms with Crippen LogP contribution in [0.5, 0.6) is 11.5 Å². The quantitative estimate of drug-likeness (QED) is 0.265. The van der Waals surface area contributed by atoms with Crippen molar-refractivity contribution in [1.82, 2.24) is 0 Å². The summed E-state index contributed by atoms with van der Waals surface area (Å²) in [6, 6.07) is 43.1. The predicted molar refractivity (Wildman–Crippen MR) is 146 cm³/mol. The summed E-state index contributed by atoms with van der Waals surface area (Å²) >= 11 is 0. The van der Waals surface area contributed by atoms with Gasteiger partial charge in [0.25, 0.3) is 0 Å². The van der Waals surface area contributed by atoms with E-state index in [0.29, 0.717) is 22.1 Å². The second-order valence-electron chi connectivity index (χ2n) is 7.95. The Morgan fingerprint density at radius 1 is 0.514 bits per heavy atom. The molecule has 0 aromatic heterocycles. The highest BCUT2D eigenvalue weighted by Crippen LogP contribution is 2.45. The van der Waals surface area contributed by atoms with Crippen LogP contribution in [0.1, 0.15) is 0 Å². The van der Waals surface area contributed by atoms with Crippen molar-refractivity contribution in [3.63, 3.8) is 0 Å². The van der Waals surface area contributed by atoms with Gasteiger partial charge in [0.05, 0.1) is 5.30 Å². The fourth-order valence-corrected chi connectivity index (χ4v) is 8.07. The van der Waals surface area contributed by atoms with E-state index in [2.05, 4.69) is 0 Å². The van der Waals surface area contributed by atoms with Crippen molar-refractivity contribution in [3.05, 3.63) is 140 Å². The van der Waals surface area contributed by atoms with E-state index in [1.54, 1.807) is 6.07 Å². The molecule has 5 heteroatoms. The summed E-state index contributed by atoms with van der Waals surface area (Å²) < 4.78 is 34.7. The first kappa shape index (κ1) is 23.0. The van der Waals surface area contributed by atoms with Crippen LogP contribution in [-0.2, 0) is 9.13 Å². The zero-order valence-corrected chi connectivity index (χ0v) is 20.7. The van der Waals surface area contributed by atoms with Gasteiger partial charge in [0, 0.05) is 10.6 Å². The van der Waals surface area contributed by atoms with Crippen molar-refractivity contribution in [2.45, 2.75) is 0 Å². The minimum absolute atomic E-state index is 0.479. The fourth-order valence-electron chi connectivity index (χ4n) is 4.04. The van der Waals surface area contributed by atoms with Gasteiger partial charge in [-0.15, -0.1) is 0 Å². The topological polar surface area (TPSA) is 43.4 Å². The van der Waals surface area contributed by atoms with E-state index >= 15 is 0 Å². The summed E-state index contributed by atoms with van der Waals surface area (Å²) in [6.45, 7) is 0. The molecule has 1 unspecified atom stereocenters. The maximum atomic E-state index is 14.9. The Morgan fingerprint density at radius 3 is 1.57 bits per heavy atom. The number of rotatable bonds is 7. The Bertz CT molecular complexity index is 1460. The van der Waals surface area contributed by atoms with Crippen LogP contribution in [-0.4, -0.2) is 0 Å². The van der Waals surface area contributed by atoms with Crippen LogP contribution in [0.15, 0.2) is 140 Å². The number of benzene rings is 5. The molecule has 0 spiro atoms. The third-order valence-electron chi connectivity index (χ3n) is 5.74. The van der Waals surface area contributed by atoms with E-state index in [4.69, 9.17) is 4.74 Å². The average molecular weight is 493 g/mol. The van der Waals surface area contributed by atoms with Crippen molar-refractivity contribution >= 4 is 41.5 Å². The number of hydrogen-bond donors (Lipinski definition) is 0. The molecule has 0 aliphatic carbocycles. The lowest BCUT2D eigenvalue weighted by Crippen LogP contribution is -2.26. The van der Waals surface area contributed by atoms with Crippen molar-refractivity contribution in [2.24, 2.45) is 0 Å². The van der Waals surface area contributed by atoms with Crippen molar-refractivity contribution < 1.29 is 13.9 Å². The molecular weight excluding hydrogens is 470 g/mol. The van der Waals surface area contributed by atoms with E-state index in [9.17, 15) is 9.13 Å². The summed E-state index contributed by atoms with van der Waals surface area (Å²) in [5.74, 6) is 0.963. The van der Waals surface area contributed by atoms with Gasteiger partial charge in [0.1, 0.15) is 5.75 Å². The van der Waals surface area contributed by atoms with E-state index in [0.717, 1.165) is 15.9 Å². The SMILES string of the molecule is O=[P+](c1ccccc1)c1ccccc1Oc1ccccc1P(=O)(c1ccccc1)c1ccccc1. The van der Waals surface area contributed by atoms with Crippen LogP contribution < -0.4 is 31.3 Å². The van der Waals surface area contributed by atoms with Crippen LogP contribution in [0.2, 0.25) is 0 Å². The molecule has 170 valence electrons. The summed E-state index contributed by atoms with van der Waals surface area (Å²) in [5.41, 5.74) is 0. The number of ether oxygens (including phenoxy) is 1. The minimum Gasteiger partial charge on any atom is -0.452 e. The van der Waals surface area contributed by atoms with Gasteiger partial charge in [-0.1, -0.05) is 108 Å². The monoisotopic (exact) mass is 493 g/mol. The van der Waals surface area contributed by atoms with Gasteiger partial charge in [-0.2, -0.15) is 0 Å². The first-order valence-electron chi connectivity index (χ1n) is 11.3. The van der Waals surface area contributed by atoms with Crippen molar-refractivity contribution in [3.8, 4) is 11.5 Å². The third kappa shape index (κ3) is 4.62. The van der Waals surface area contributed by atoms with Gasteiger partial charge < -0.3 is 9.30 Å². The van der Waals surface area contributed by atoms with E-state index in [1.165, 1.54) is 0 Å². The van der Waals surface area contributed by atoms with E-state index in [-0.39, 0.29) is 0 Å². The van der Waals surface area contributed by atoms with Crippen LogP contribution >= 0.6 is 14.9 Å². The van der Waals surface area contributed by atoms with Gasteiger partial charge in [-0.25, -0.2) is 0 Å². The largest absolute Gasteiger partial charge is 0.452 e. The van der Waals surface area contributed by atoms with Crippen LogP contribution in [0.3, 0.4) is 0 Å². The first-order chi connectivity index (χ1) is 17.2. The molecule has 5 rings (SSSR count). The second-order valence-corrected chi connectivity index (χ2v) is 12.3. The molecule has 0 radical (unpaired) electrons. The number of hydrogen-bond acceptors (Lipinski definition) is 3. The maximum Gasteiger partial charge on any atom is 0.419 e. The van der Waals surface area contributed by atoms with Crippen molar-refractivity contribution in [1.29, 1.82) is 0 Å². The molecular formula is C30H23O3P2+. The van der Waals surface area contributed by atoms with E-state index in [1.807, 2.05) is 133 Å². The van der Waals surface area contributed by atoms with Crippen molar-refractivity contribution in [2.75, 3.05) is 0 Å². The molecule has 0 aliphatic heterocycles. The molecule has 0 amide bonds. The van der Waals surface area contributed by atoms with Crippen LogP contribution in [0.4, 0.5) is 0 Å². The lowest BCUT2D eigenvalue weighted by atomic mass is 10.3. The molecule has 1 atom stereocenters. The summed E-state index contributed by atoms with van der Waals surface area (Å²) in [6.07, 6.45) is 0. The van der Waals surface area contributed by atoms with Gasteiger partial charge in [-0.05, 0) is 36.4 Å². The zero-order valence-electron chi connectivity index (χ0n) is 18.9. The Hall–Kier alpha value is -3.77. The van der Waals surface area contributed by atoms with E-state index < -0.39 is 14.9 Å². The van der Waals surface area contributed by atoms with Gasteiger partial charge in [0.2, 0.25) is 5.30 Å².